The summed E-state index contributed by atoms with van der Waals surface area (Å²) in [5, 5.41) is 0. The lowest BCUT2D eigenvalue weighted by molar-refractivity contribution is 0.369. The van der Waals surface area contributed by atoms with Gasteiger partial charge < -0.3 is 9.47 Å². The van der Waals surface area contributed by atoms with E-state index in [1.54, 1.807) is 0 Å². The van der Waals surface area contributed by atoms with Gasteiger partial charge in [-0.25, -0.2) is 0 Å². The lowest BCUT2D eigenvalue weighted by Crippen LogP contribution is -2.24. The third-order valence-electron chi connectivity index (χ3n) is 2.68. The van der Waals surface area contributed by atoms with Gasteiger partial charge in [0, 0.05) is 32.0 Å². The maximum absolute atomic E-state index is 2.34. The van der Waals surface area contributed by atoms with Crippen LogP contribution in [0.15, 0.2) is 24.4 Å². The predicted molar refractivity (Wildman–Crippen MR) is 62.8 cm³/mol. The van der Waals surface area contributed by atoms with Crippen LogP contribution in [-0.2, 0) is 7.05 Å². The topological polar surface area (TPSA) is 8.17 Å². The van der Waals surface area contributed by atoms with Crippen molar-refractivity contribution in [1.82, 2.24) is 9.47 Å². The highest BCUT2D eigenvalue weighted by Crippen LogP contribution is 2.21. The average Bonchev–Trinajstić information content (AvgIpc) is 2.53. The van der Waals surface area contributed by atoms with Crippen molar-refractivity contribution < 1.29 is 0 Å². The molecule has 0 saturated carbocycles. The van der Waals surface area contributed by atoms with Crippen LogP contribution < -0.4 is 0 Å². The van der Waals surface area contributed by atoms with Crippen LogP contribution in [0.4, 0.5) is 0 Å². The minimum absolute atomic E-state index is 0. The van der Waals surface area contributed by atoms with Gasteiger partial charge in [0.05, 0.1) is 0 Å². The molecule has 1 aliphatic rings. The number of hydrogen-bond acceptors (Lipinski definition) is 1. The van der Waals surface area contributed by atoms with Crippen molar-refractivity contribution in [3.05, 3.63) is 30.1 Å². The normalized spacial score (nSPS) is 17.4. The maximum atomic E-state index is 2.34. The Kier molecular flexibility index (Phi) is 3.78. The molecule has 2 rings (SSSR count). The third kappa shape index (κ3) is 2.20. The molecule has 0 radical (unpaired) electrons. The second-order valence-electron chi connectivity index (χ2n) is 3.75. The van der Waals surface area contributed by atoms with Gasteiger partial charge in [0.1, 0.15) is 0 Å². The zero-order valence-corrected chi connectivity index (χ0v) is 9.55. The van der Waals surface area contributed by atoms with E-state index in [-0.39, 0.29) is 12.4 Å². The lowest BCUT2D eigenvalue weighted by Gasteiger charge is -2.22. The summed E-state index contributed by atoms with van der Waals surface area (Å²) in [6.45, 7) is 2.26. The van der Waals surface area contributed by atoms with E-state index in [9.17, 15) is 0 Å². The number of aryl methyl sites for hydroxylation is 1. The van der Waals surface area contributed by atoms with Crippen molar-refractivity contribution in [1.29, 1.82) is 0 Å². The fourth-order valence-corrected chi connectivity index (χ4v) is 1.80. The molecule has 78 valence electrons. The van der Waals surface area contributed by atoms with Gasteiger partial charge in [-0.1, -0.05) is 6.08 Å². The van der Waals surface area contributed by atoms with Crippen LogP contribution in [0.3, 0.4) is 0 Å². The van der Waals surface area contributed by atoms with Crippen molar-refractivity contribution in [2.75, 3.05) is 20.1 Å². The Balaban J connectivity index is 0.000000980. The summed E-state index contributed by atoms with van der Waals surface area (Å²) >= 11 is 0. The van der Waals surface area contributed by atoms with Crippen LogP contribution in [0, 0.1) is 0 Å². The molecule has 0 spiro atoms. The quantitative estimate of drug-likeness (QED) is 0.693. The Morgan fingerprint density at radius 2 is 2.07 bits per heavy atom. The molecule has 0 aliphatic carbocycles. The zero-order valence-electron chi connectivity index (χ0n) is 8.73. The molecule has 0 N–H and O–H groups in total. The van der Waals surface area contributed by atoms with Gasteiger partial charge in [0.15, 0.2) is 0 Å². The molecular formula is C11H17ClN2. The predicted octanol–water partition coefficient (Wildman–Crippen LogP) is 2.17. The van der Waals surface area contributed by atoms with E-state index in [0.717, 1.165) is 6.54 Å². The molecule has 0 atom stereocenters. The summed E-state index contributed by atoms with van der Waals surface area (Å²) in [5.74, 6) is 0. The van der Waals surface area contributed by atoms with E-state index in [2.05, 4.69) is 48.0 Å². The van der Waals surface area contributed by atoms with Gasteiger partial charge >= 0.3 is 0 Å². The third-order valence-corrected chi connectivity index (χ3v) is 2.68. The lowest BCUT2D eigenvalue weighted by atomic mass is 10.1. The number of likely N-dealkylation sites (N-methyl/N-ethyl adjacent to an activating group) is 1. The highest BCUT2D eigenvalue weighted by Gasteiger charge is 2.10. The highest BCUT2D eigenvalue weighted by atomic mass is 35.5. The van der Waals surface area contributed by atoms with Crippen LogP contribution in [0.5, 0.6) is 0 Å². The molecule has 3 heteroatoms. The molecule has 2 nitrogen and oxygen atoms in total. The van der Waals surface area contributed by atoms with Crippen LogP contribution in [0.2, 0.25) is 0 Å². The first-order valence-corrected chi connectivity index (χ1v) is 4.76. The number of halogens is 1. The van der Waals surface area contributed by atoms with Gasteiger partial charge in [0.2, 0.25) is 0 Å². The number of rotatable bonds is 1. The van der Waals surface area contributed by atoms with Gasteiger partial charge in [-0.2, -0.15) is 0 Å². The first-order chi connectivity index (χ1) is 6.27. The van der Waals surface area contributed by atoms with Gasteiger partial charge in [-0.3, -0.25) is 0 Å². The van der Waals surface area contributed by atoms with Crippen LogP contribution in [-0.4, -0.2) is 29.6 Å². The molecule has 1 aromatic heterocycles. The molecule has 1 aliphatic heterocycles. The zero-order chi connectivity index (χ0) is 9.26. The summed E-state index contributed by atoms with van der Waals surface area (Å²) in [6, 6.07) is 4.30. The monoisotopic (exact) mass is 212 g/mol. The van der Waals surface area contributed by atoms with E-state index < -0.39 is 0 Å². The summed E-state index contributed by atoms with van der Waals surface area (Å²) in [5.41, 5.74) is 2.86. The smallest absolute Gasteiger partial charge is 0.0434 e. The van der Waals surface area contributed by atoms with Crippen molar-refractivity contribution in [2.45, 2.75) is 6.42 Å². The van der Waals surface area contributed by atoms with Gasteiger partial charge in [-0.15, -0.1) is 12.4 Å². The Hall–Kier alpha value is -0.730. The largest absolute Gasteiger partial charge is 0.351 e. The molecule has 2 heterocycles. The van der Waals surface area contributed by atoms with Gasteiger partial charge in [0.25, 0.3) is 0 Å². The van der Waals surface area contributed by atoms with E-state index in [1.165, 1.54) is 24.2 Å². The van der Waals surface area contributed by atoms with Crippen molar-refractivity contribution in [2.24, 2.45) is 7.05 Å². The fourth-order valence-electron chi connectivity index (χ4n) is 1.80. The van der Waals surface area contributed by atoms with E-state index in [4.69, 9.17) is 0 Å². The summed E-state index contributed by atoms with van der Waals surface area (Å²) in [4.78, 5) is 2.34. The molecule has 0 saturated heterocycles. The first kappa shape index (κ1) is 11.3. The SMILES string of the molecule is CN1CC=C(c2cccn2C)CC1.Cl. The van der Waals surface area contributed by atoms with Crippen LogP contribution in [0.25, 0.3) is 5.57 Å². The van der Waals surface area contributed by atoms with E-state index in [1.807, 2.05) is 0 Å². The second-order valence-corrected chi connectivity index (χ2v) is 3.75. The number of aromatic nitrogens is 1. The molecule has 1 aromatic rings. The van der Waals surface area contributed by atoms with Crippen LogP contribution >= 0.6 is 12.4 Å². The first-order valence-electron chi connectivity index (χ1n) is 4.76. The molecule has 0 aromatic carbocycles. The Bertz CT molecular complexity index is 328. The minimum atomic E-state index is 0. The van der Waals surface area contributed by atoms with E-state index >= 15 is 0 Å². The van der Waals surface area contributed by atoms with Crippen molar-refractivity contribution in [3.63, 3.8) is 0 Å². The second kappa shape index (κ2) is 4.67. The number of nitrogens with zero attached hydrogens (tertiary/aromatic N) is 2. The number of hydrogen-bond donors (Lipinski definition) is 0. The summed E-state index contributed by atoms with van der Waals surface area (Å²) in [7, 11) is 4.27. The highest BCUT2D eigenvalue weighted by molar-refractivity contribution is 5.85. The maximum Gasteiger partial charge on any atom is 0.0434 e. The molecule has 0 unspecified atom stereocenters. The van der Waals surface area contributed by atoms with Crippen molar-refractivity contribution >= 4 is 18.0 Å². The standard InChI is InChI=1S/C11H16N2.ClH/c1-12-8-5-10(6-9-12)11-4-3-7-13(11)2;/h3-5,7H,6,8-9H2,1-2H3;1H. The van der Waals surface area contributed by atoms with Crippen LogP contribution in [0.1, 0.15) is 12.1 Å². The fraction of sp³-hybridized carbons (Fsp3) is 0.455. The Morgan fingerprint density at radius 1 is 1.29 bits per heavy atom. The molecule has 0 fully saturated rings. The summed E-state index contributed by atoms with van der Waals surface area (Å²) < 4.78 is 2.19. The minimum Gasteiger partial charge on any atom is -0.351 e. The Morgan fingerprint density at radius 3 is 2.57 bits per heavy atom. The van der Waals surface area contributed by atoms with Crippen molar-refractivity contribution in [3.8, 4) is 0 Å². The van der Waals surface area contributed by atoms with E-state index in [0.29, 0.717) is 0 Å². The molecular weight excluding hydrogens is 196 g/mol. The molecule has 14 heavy (non-hydrogen) atoms. The molecule has 0 amide bonds. The molecule has 0 bridgehead atoms. The Labute approximate surface area is 91.6 Å². The average molecular weight is 213 g/mol. The van der Waals surface area contributed by atoms with Gasteiger partial charge in [-0.05, 0) is 31.2 Å². The summed E-state index contributed by atoms with van der Waals surface area (Å²) in [6.07, 6.45) is 5.61.